The Morgan fingerprint density at radius 3 is 2.50 bits per heavy atom. The molecule has 0 aromatic carbocycles. The molecule has 104 valence electrons. The number of nitrogens with one attached hydrogen (secondary N) is 1. The minimum Gasteiger partial charge on any atom is -0.481 e. The van der Waals surface area contributed by atoms with Crippen molar-refractivity contribution in [2.24, 2.45) is 23.7 Å². The number of fused-ring (bicyclic) bond motifs is 2. The first-order valence-corrected chi connectivity index (χ1v) is 6.74. The van der Waals surface area contributed by atoms with Crippen molar-refractivity contribution < 1.29 is 14.7 Å². The van der Waals surface area contributed by atoms with Crippen molar-refractivity contribution in [1.82, 2.24) is 10.3 Å². The second-order valence-electron chi connectivity index (χ2n) is 5.41. The molecule has 0 aliphatic heterocycles. The highest BCUT2D eigenvalue weighted by molar-refractivity contribution is 5.86. The zero-order valence-corrected chi connectivity index (χ0v) is 10.9. The fourth-order valence-corrected chi connectivity index (χ4v) is 3.32. The molecule has 5 nitrogen and oxygen atoms in total. The van der Waals surface area contributed by atoms with Crippen LogP contribution in [0.2, 0.25) is 0 Å². The molecule has 2 aliphatic carbocycles. The molecule has 1 amide bonds. The van der Waals surface area contributed by atoms with Crippen molar-refractivity contribution in [2.75, 3.05) is 0 Å². The summed E-state index contributed by atoms with van der Waals surface area (Å²) in [5.41, 5.74) is 0.957. The molecule has 2 N–H and O–H groups in total. The number of hydrogen-bond acceptors (Lipinski definition) is 3. The van der Waals surface area contributed by atoms with Gasteiger partial charge in [0.25, 0.3) is 0 Å². The summed E-state index contributed by atoms with van der Waals surface area (Å²) in [6, 6.07) is 3.66. The van der Waals surface area contributed by atoms with Crippen LogP contribution in [0.4, 0.5) is 0 Å². The van der Waals surface area contributed by atoms with Gasteiger partial charge in [0.2, 0.25) is 5.91 Å². The van der Waals surface area contributed by atoms with Crippen molar-refractivity contribution >= 4 is 11.9 Å². The number of hydrogen-bond donors (Lipinski definition) is 2. The molecule has 1 saturated carbocycles. The number of aliphatic carboxylic acids is 1. The van der Waals surface area contributed by atoms with Crippen LogP contribution in [0.15, 0.2) is 36.7 Å². The van der Waals surface area contributed by atoms with Gasteiger partial charge in [-0.15, -0.1) is 0 Å². The zero-order chi connectivity index (χ0) is 14.1. The highest BCUT2D eigenvalue weighted by Gasteiger charge is 2.51. The SMILES string of the molecule is O=C(O)[C@@H]1[C@H](C(=O)NCc2ccncc2)[C@@H]2C=C[C@H]1C2. The number of aromatic nitrogens is 1. The smallest absolute Gasteiger partial charge is 0.307 e. The van der Waals surface area contributed by atoms with Gasteiger partial charge < -0.3 is 10.4 Å². The molecular weight excluding hydrogens is 256 g/mol. The number of carboxylic acids is 1. The summed E-state index contributed by atoms with van der Waals surface area (Å²) >= 11 is 0. The van der Waals surface area contributed by atoms with E-state index in [2.05, 4.69) is 10.3 Å². The van der Waals surface area contributed by atoms with Crippen LogP contribution in [-0.2, 0) is 16.1 Å². The third-order valence-corrected chi connectivity index (χ3v) is 4.26. The van der Waals surface area contributed by atoms with Gasteiger partial charge >= 0.3 is 5.97 Å². The number of pyridine rings is 1. The molecule has 1 aromatic heterocycles. The molecule has 0 radical (unpaired) electrons. The number of nitrogens with zero attached hydrogens (tertiary/aromatic N) is 1. The van der Waals surface area contributed by atoms with Gasteiger partial charge in [0.05, 0.1) is 11.8 Å². The summed E-state index contributed by atoms with van der Waals surface area (Å²) in [7, 11) is 0. The van der Waals surface area contributed by atoms with E-state index in [9.17, 15) is 14.7 Å². The maximum absolute atomic E-state index is 12.3. The van der Waals surface area contributed by atoms with Gasteiger partial charge in [-0.3, -0.25) is 14.6 Å². The van der Waals surface area contributed by atoms with Crippen molar-refractivity contribution in [2.45, 2.75) is 13.0 Å². The highest BCUT2D eigenvalue weighted by atomic mass is 16.4. The molecule has 2 bridgehead atoms. The number of allylic oxidation sites excluding steroid dienone is 2. The van der Waals surface area contributed by atoms with E-state index in [1.54, 1.807) is 12.4 Å². The quantitative estimate of drug-likeness (QED) is 0.808. The van der Waals surface area contributed by atoms with E-state index in [-0.39, 0.29) is 17.7 Å². The lowest BCUT2D eigenvalue weighted by atomic mass is 9.82. The largest absolute Gasteiger partial charge is 0.481 e. The maximum Gasteiger partial charge on any atom is 0.307 e. The fourth-order valence-electron chi connectivity index (χ4n) is 3.32. The predicted octanol–water partition coefficient (Wildman–Crippen LogP) is 1.22. The molecule has 0 unspecified atom stereocenters. The van der Waals surface area contributed by atoms with Crippen LogP contribution in [0.3, 0.4) is 0 Å². The minimum atomic E-state index is -0.870. The second-order valence-corrected chi connectivity index (χ2v) is 5.41. The van der Waals surface area contributed by atoms with Gasteiger partial charge in [0.15, 0.2) is 0 Å². The molecule has 5 heteroatoms. The first kappa shape index (κ1) is 12.8. The van der Waals surface area contributed by atoms with Crippen molar-refractivity contribution in [3.05, 3.63) is 42.2 Å². The third-order valence-electron chi connectivity index (χ3n) is 4.26. The van der Waals surface area contributed by atoms with E-state index < -0.39 is 17.8 Å². The predicted molar refractivity (Wildman–Crippen MR) is 71.4 cm³/mol. The van der Waals surface area contributed by atoms with Crippen molar-refractivity contribution in [3.8, 4) is 0 Å². The van der Waals surface area contributed by atoms with Crippen LogP contribution >= 0.6 is 0 Å². The van der Waals surface area contributed by atoms with E-state index in [4.69, 9.17) is 0 Å². The van der Waals surface area contributed by atoms with Crippen LogP contribution in [0.25, 0.3) is 0 Å². The molecule has 20 heavy (non-hydrogen) atoms. The van der Waals surface area contributed by atoms with Gasteiger partial charge in [-0.1, -0.05) is 12.2 Å². The first-order valence-electron chi connectivity index (χ1n) is 6.74. The Morgan fingerprint density at radius 1 is 1.20 bits per heavy atom. The Kier molecular flexibility index (Phi) is 3.26. The average Bonchev–Trinajstić information content (AvgIpc) is 3.06. The third kappa shape index (κ3) is 2.19. The summed E-state index contributed by atoms with van der Waals surface area (Å²) in [5, 5.41) is 12.2. The number of rotatable bonds is 4. The topological polar surface area (TPSA) is 79.3 Å². The van der Waals surface area contributed by atoms with E-state index in [1.807, 2.05) is 24.3 Å². The molecule has 0 saturated heterocycles. The van der Waals surface area contributed by atoms with Gasteiger partial charge in [0, 0.05) is 18.9 Å². The molecule has 1 heterocycles. The summed E-state index contributed by atoms with van der Waals surface area (Å²) < 4.78 is 0. The van der Waals surface area contributed by atoms with Crippen molar-refractivity contribution in [3.63, 3.8) is 0 Å². The molecule has 3 rings (SSSR count). The van der Waals surface area contributed by atoms with Crippen LogP contribution in [-0.4, -0.2) is 22.0 Å². The molecule has 4 atom stereocenters. The highest BCUT2D eigenvalue weighted by Crippen LogP contribution is 2.48. The number of carboxylic acid groups (broad SMARTS) is 1. The lowest BCUT2D eigenvalue weighted by Crippen LogP contribution is -2.39. The van der Waals surface area contributed by atoms with Crippen molar-refractivity contribution in [1.29, 1.82) is 0 Å². The van der Waals surface area contributed by atoms with E-state index >= 15 is 0 Å². The normalized spacial score (nSPS) is 30.4. The van der Waals surface area contributed by atoms with E-state index in [0.717, 1.165) is 12.0 Å². The van der Waals surface area contributed by atoms with E-state index in [1.165, 1.54) is 0 Å². The zero-order valence-electron chi connectivity index (χ0n) is 10.9. The number of carbonyl (C=O) groups excluding carboxylic acids is 1. The summed E-state index contributed by atoms with van der Waals surface area (Å²) in [6.07, 6.45) is 8.05. The Bertz CT molecular complexity index is 555. The van der Waals surface area contributed by atoms with Crippen LogP contribution in [0, 0.1) is 23.7 Å². The number of carbonyl (C=O) groups is 2. The standard InChI is InChI=1S/C15H16N2O3/c18-14(17-8-9-3-5-16-6-4-9)12-10-1-2-11(7-10)13(12)15(19)20/h1-6,10-13H,7-8H2,(H,17,18)(H,19,20)/t10-,11+,12-,13+/m1/s1. The lowest BCUT2D eigenvalue weighted by Gasteiger charge is -2.23. The van der Waals surface area contributed by atoms with Crippen LogP contribution in [0.1, 0.15) is 12.0 Å². The Balaban J connectivity index is 1.68. The molecule has 0 spiro atoms. The number of amides is 1. The Hall–Kier alpha value is -2.17. The van der Waals surface area contributed by atoms with Crippen LogP contribution < -0.4 is 5.32 Å². The molecular formula is C15H16N2O3. The Morgan fingerprint density at radius 2 is 1.85 bits per heavy atom. The summed E-state index contributed by atoms with van der Waals surface area (Å²) in [6.45, 7) is 0.408. The summed E-state index contributed by atoms with van der Waals surface area (Å²) in [4.78, 5) is 27.6. The Labute approximate surface area is 116 Å². The van der Waals surface area contributed by atoms with E-state index in [0.29, 0.717) is 6.54 Å². The molecule has 2 aliphatic rings. The molecule has 1 aromatic rings. The maximum atomic E-state index is 12.3. The lowest BCUT2D eigenvalue weighted by molar-refractivity contribution is -0.147. The molecule has 1 fully saturated rings. The second kappa shape index (κ2) is 5.07. The van der Waals surface area contributed by atoms with Gasteiger partial charge in [0.1, 0.15) is 0 Å². The summed E-state index contributed by atoms with van der Waals surface area (Å²) in [5.74, 6) is -1.98. The van der Waals surface area contributed by atoms with Gasteiger partial charge in [-0.05, 0) is 36.0 Å². The minimum absolute atomic E-state index is 0.00850. The monoisotopic (exact) mass is 272 g/mol. The van der Waals surface area contributed by atoms with Crippen LogP contribution in [0.5, 0.6) is 0 Å². The average molecular weight is 272 g/mol. The van der Waals surface area contributed by atoms with Gasteiger partial charge in [-0.2, -0.15) is 0 Å². The first-order chi connectivity index (χ1) is 9.66. The fraction of sp³-hybridized carbons (Fsp3) is 0.400. The van der Waals surface area contributed by atoms with Gasteiger partial charge in [-0.25, -0.2) is 0 Å².